The van der Waals surface area contributed by atoms with Crippen LogP contribution in [0.1, 0.15) is 44.5 Å². The number of rotatable bonds is 2. The minimum absolute atomic E-state index is 0.464. The molecule has 0 radical (unpaired) electrons. The van der Waals surface area contributed by atoms with Gasteiger partial charge in [-0.2, -0.15) is 0 Å². The molecular weight excluding hydrogens is 198 g/mol. The van der Waals surface area contributed by atoms with Gasteiger partial charge in [0.25, 0.3) is 0 Å². The fraction of sp³-hybridized carbons (Fsp3) is 0.800. The molecule has 0 saturated heterocycles. The summed E-state index contributed by atoms with van der Waals surface area (Å²) in [5.41, 5.74) is 0. The first-order valence-electron chi connectivity index (χ1n) is 5.25. The average molecular weight is 214 g/mol. The standard InChI is InChI=1S/C10H16ClN3/c1-8-2-4-9(5-3-8)14-7-12-13-10(14)6-11/h7-9H,2-6H2,1H3. The summed E-state index contributed by atoms with van der Waals surface area (Å²) in [4.78, 5) is 0. The van der Waals surface area contributed by atoms with Crippen LogP contribution < -0.4 is 0 Å². The molecule has 1 saturated carbocycles. The highest BCUT2D eigenvalue weighted by atomic mass is 35.5. The molecule has 0 amide bonds. The van der Waals surface area contributed by atoms with Gasteiger partial charge in [0.05, 0.1) is 5.88 Å². The zero-order chi connectivity index (χ0) is 9.97. The van der Waals surface area contributed by atoms with E-state index >= 15 is 0 Å². The summed E-state index contributed by atoms with van der Waals surface area (Å²) in [6.07, 6.45) is 6.92. The zero-order valence-corrected chi connectivity index (χ0v) is 9.24. The molecule has 1 aromatic heterocycles. The molecule has 0 bridgehead atoms. The number of aromatic nitrogens is 3. The Bertz CT molecular complexity index is 289. The Kier molecular flexibility index (Phi) is 3.06. The maximum atomic E-state index is 5.80. The lowest BCUT2D eigenvalue weighted by atomic mass is 9.87. The molecule has 1 fully saturated rings. The Balaban J connectivity index is 2.08. The Morgan fingerprint density at radius 1 is 1.43 bits per heavy atom. The van der Waals surface area contributed by atoms with Gasteiger partial charge in [-0.1, -0.05) is 6.92 Å². The van der Waals surface area contributed by atoms with Crippen molar-refractivity contribution in [3.05, 3.63) is 12.2 Å². The monoisotopic (exact) mass is 213 g/mol. The fourth-order valence-corrected chi connectivity index (χ4v) is 2.38. The molecule has 1 aliphatic rings. The molecule has 1 aliphatic carbocycles. The highest BCUT2D eigenvalue weighted by Gasteiger charge is 2.21. The van der Waals surface area contributed by atoms with Gasteiger partial charge in [-0.3, -0.25) is 0 Å². The van der Waals surface area contributed by atoms with Crippen molar-refractivity contribution >= 4 is 11.6 Å². The van der Waals surface area contributed by atoms with Gasteiger partial charge in [0.15, 0.2) is 0 Å². The second kappa shape index (κ2) is 4.30. The number of nitrogens with zero attached hydrogens (tertiary/aromatic N) is 3. The van der Waals surface area contributed by atoms with E-state index in [0.717, 1.165) is 11.7 Å². The first-order chi connectivity index (χ1) is 6.81. The molecule has 3 nitrogen and oxygen atoms in total. The van der Waals surface area contributed by atoms with Crippen molar-refractivity contribution in [3.63, 3.8) is 0 Å². The Hall–Kier alpha value is -0.570. The molecule has 14 heavy (non-hydrogen) atoms. The third-order valence-corrected chi connectivity index (χ3v) is 3.38. The highest BCUT2D eigenvalue weighted by molar-refractivity contribution is 6.16. The summed E-state index contributed by atoms with van der Waals surface area (Å²) in [6.45, 7) is 2.32. The van der Waals surface area contributed by atoms with E-state index in [1.807, 2.05) is 6.33 Å². The molecule has 1 aromatic rings. The zero-order valence-electron chi connectivity index (χ0n) is 8.49. The lowest BCUT2D eigenvalue weighted by Crippen LogP contribution is -2.17. The molecule has 1 heterocycles. The number of alkyl halides is 1. The number of hydrogen-bond acceptors (Lipinski definition) is 2. The third kappa shape index (κ3) is 1.92. The maximum Gasteiger partial charge on any atom is 0.148 e. The summed E-state index contributed by atoms with van der Waals surface area (Å²) < 4.78 is 2.15. The van der Waals surface area contributed by atoms with E-state index in [-0.39, 0.29) is 0 Å². The van der Waals surface area contributed by atoms with Gasteiger partial charge in [-0.25, -0.2) is 0 Å². The van der Waals surface area contributed by atoms with E-state index < -0.39 is 0 Å². The third-order valence-electron chi connectivity index (χ3n) is 3.15. The second-order valence-corrected chi connectivity index (χ2v) is 4.47. The van der Waals surface area contributed by atoms with Gasteiger partial charge < -0.3 is 4.57 Å². The van der Waals surface area contributed by atoms with Crippen LogP contribution in [-0.2, 0) is 5.88 Å². The summed E-state index contributed by atoms with van der Waals surface area (Å²) in [7, 11) is 0. The molecule has 0 N–H and O–H groups in total. The summed E-state index contributed by atoms with van der Waals surface area (Å²) in [5, 5.41) is 7.93. The Labute approximate surface area is 89.5 Å². The van der Waals surface area contributed by atoms with Crippen LogP contribution in [0.5, 0.6) is 0 Å². The van der Waals surface area contributed by atoms with Gasteiger partial charge in [0, 0.05) is 6.04 Å². The van der Waals surface area contributed by atoms with Crippen LogP contribution in [-0.4, -0.2) is 14.8 Å². The lowest BCUT2D eigenvalue weighted by molar-refractivity contribution is 0.286. The largest absolute Gasteiger partial charge is 0.313 e. The van der Waals surface area contributed by atoms with Crippen molar-refractivity contribution in [1.82, 2.24) is 14.8 Å². The number of hydrogen-bond donors (Lipinski definition) is 0. The molecular formula is C10H16ClN3. The van der Waals surface area contributed by atoms with Crippen molar-refractivity contribution in [2.75, 3.05) is 0 Å². The van der Waals surface area contributed by atoms with E-state index in [1.165, 1.54) is 25.7 Å². The molecule has 0 aliphatic heterocycles. The van der Waals surface area contributed by atoms with Crippen LogP contribution in [0.3, 0.4) is 0 Å². The molecule has 2 rings (SSSR count). The van der Waals surface area contributed by atoms with Gasteiger partial charge in [-0.05, 0) is 31.6 Å². The quantitative estimate of drug-likeness (QED) is 0.708. The lowest BCUT2D eigenvalue weighted by Gasteiger charge is -2.27. The van der Waals surface area contributed by atoms with Crippen LogP contribution in [0, 0.1) is 5.92 Å². The fourth-order valence-electron chi connectivity index (χ4n) is 2.19. The van der Waals surface area contributed by atoms with Gasteiger partial charge in [-0.15, -0.1) is 21.8 Å². The van der Waals surface area contributed by atoms with Crippen LogP contribution in [0.4, 0.5) is 0 Å². The molecule has 0 unspecified atom stereocenters. The van der Waals surface area contributed by atoms with E-state index in [4.69, 9.17) is 11.6 Å². The van der Waals surface area contributed by atoms with E-state index in [1.54, 1.807) is 0 Å². The summed E-state index contributed by atoms with van der Waals surface area (Å²) in [6, 6.07) is 0.579. The van der Waals surface area contributed by atoms with Crippen LogP contribution in [0.15, 0.2) is 6.33 Å². The number of halogens is 1. The summed E-state index contributed by atoms with van der Waals surface area (Å²) >= 11 is 5.80. The maximum absolute atomic E-state index is 5.80. The predicted molar refractivity (Wildman–Crippen MR) is 56.2 cm³/mol. The molecule has 4 heteroatoms. The Morgan fingerprint density at radius 2 is 2.14 bits per heavy atom. The minimum atomic E-state index is 0.464. The van der Waals surface area contributed by atoms with Crippen molar-refractivity contribution < 1.29 is 0 Å². The van der Waals surface area contributed by atoms with Crippen molar-refractivity contribution in [1.29, 1.82) is 0 Å². The molecule has 0 atom stereocenters. The van der Waals surface area contributed by atoms with E-state index in [2.05, 4.69) is 21.7 Å². The highest BCUT2D eigenvalue weighted by Crippen LogP contribution is 2.32. The Morgan fingerprint density at radius 3 is 2.79 bits per heavy atom. The average Bonchev–Trinajstić information content (AvgIpc) is 2.67. The normalized spacial score (nSPS) is 27.9. The van der Waals surface area contributed by atoms with Crippen LogP contribution >= 0.6 is 11.6 Å². The molecule has 0 aromatic carbocycles. The van der Waals surface area contributed by atoms with Crippen molar-refractivity contribution in [2.24, 2.45) is 5.92 Å². The second-order valence-electron chi connectivity index (χ2n) is 4.20. The first kappa shape index (κ1) is 9.97. The molecule has 0 spiro atoms. The summed E-state index contributed by atoms with van der Waals surface area (Å²) in [5.74, 6) is 2.25. The predicted octanol–water partition coefficient (Wildman–Crippen LogP) is 2.77. The van der Waals surface area contributed by atoms with Crippen molar-refractivity contribution in [2.45, 2.75) is 44.5 Å². The first-order valence-corrected chi connectivity index (χ1v) is 5.79. The minimum Gasteiger partial charge on any atom is -0.313 e. The van der Waals surface area contributed by atoms with E-state index in [9.17, 15) is 0 Å². The van der Waals surface area contributed by atoms with Crippen LogP contribution in [0.2, 0.25) is 0 Å². The SMILES string of the molecule is CC1CCC(n2cnnc2CCl)CC1. The van der Waals surface area contributed by atoms with Gasteiger partial charge in [0.2, 0.25) is 0 Å². The van der Waals surface area contributed by atoms with Gasteiger partial charge >= 0.3 is 0 Å². The van der Waals surface area contributed by atoms with Gasteiger partial charge in [0.1, 0.15) is 12.2 Å². The van der Waals surface area contributed by atoms with Crippen LogP contribution in [0.25, 0.3) is 0 Å². The van der Waals surface area contributed by atoms with E-state index in [0.29, 0.717) is 11.9 Å². The smallest absolute Gasteiger partial charge is 0.148 e. The topological polar surface area (TPSA) is 30.7 Å². The molecule has 78 valence electrons. The van der Waals surface area contributed by atoms with Crippen molar-refractivity contribution in [3.8, 4) is 0 Å².